The molecular formula is C20H18N2O5S2. The van der Waals surface area contributed by atoms with Crippen molar-refractivity contribution in [2.24, 2.45) is 4.99 Å². The smallest absolute Gasteiger partial charge is 0.279 e. The van der Waals surface area contributed by atoms with E-state index in [-0.39, 0.29) is 35.5 Å². The number of amides is 1. The van der Waals surface area contributed by atoms with Crippen LogP contribution in [0.3, 0.4) is 0 Å². The average molecular weight is 431 g/mol. The summed E-state index contributed by atoms with van der Waals surface area (Å²) in [5.41, 5.74) is 1.45. The van der Waals surface area contributed by atoms with Gasteiger partial charge in [-0.2, -0.15) is 4.99 Å². The van der Waals surface area contributed by atoms with E-state index in [4.69, 9.17) is 9.47 Å². The van der Waals surface area contributed by atoms with Crippen molar-refractivity contribution in [3.8, 4) is 11.5 Å². The number of nitrogens with zero attached hydrogens (tertiary/aromatic N) is 2. The summed E-state index contributed by atoms with van der Waals surface area (Å²) in [5, 5.41) is 0.456. The lowest BCUT2D eigenvalue weighted by atomic mass is 10.1. The minimum Gasteiger partial charge on any atom is -0.454 e. The maximum atomic E-state index is 12.6. The molecule has 0 N–H and O–H groups in total. The van der Waals surface area contributed by atoms with Gasteiger partial charge in [-0.25, -0.2) is 8.42 Å². The number of benzene rings is 2. The Morgan fingerprint density at radius 1 is 1.10 bits per heavy atom. The minimum absolute atomic E-state index is 0.0771. The Hall–Kier alpha value is -2.52. The van der Waals surface area contributed by atoms with Crippen molar-refractivity contribution in [3.05, 3.63) is 59.7 Å². The van der Waals surface area contributed by atoms with E-state index in [9.17, 15) is 13.2 Å². The van der Waals surface area contributed by atoms with Gasteiger partial charge in [0, 0.05) is 17.4 Å². The lowest BCUT2D eigenvalue weighted by Crippen LogP contribution is -2.37. The summed E-state index contributed by atoms with van der Waals surface area (Å²) in [5.74, 6) is 1.22. The summed E-state index contributed by atoms with van der Waals surface area (Å²) in [6, 6.07) is 14.3. The highest BCUT2D eigenvalue weighted by atomic mass is 32.2. The van der Waals surface area contributed by atoms with E-state index in [1.807, 2.05) is 29.2 Å². The predicted molar refractivity (Wildman–Crippen MR) is 110 cm³/mol. The second kappa shape index (κ2) is 7.07. The molecule has 2 atom stereocenters. The quantitative estimate of drug-likeness (QED) is 0.739. The third-order valence-electron chi connectivity index (χ3n) is 5.18. The van der Waals surface area contributed by atoms with Crippen LogP contribution in [0.25, 0.3) is 0 Å². The van der Waals surface area contributed by atoms with Crippen LogP contribution < -0.4 is 9.47 Å². The molecule has 0 bridgehead atoms. The summed E-state index contributed by atoms with van der Waals surface area (Å²) in [7, 11) is -3.09. The fourth-order valence-electron chi connectivity index (χ4n) is 3.79. The van der Waals surface area contributed by atoms with Gasteiger partial charge in [0.1, 0.15) is 0 Å². The van der Waals surface area contributed by atoms with Crippen LogP contribution in [0.15, 0.2) is 53.5 Å². The Kier molecular flexibility index (Phi) is 4.51. The van der Waals surface area contributed by atoms with Gasteiger partial charge in [-0.1, -0.05) is 36.0 Å². The average Bonchev–Trinajstić information content (AvgIpc) is 3.36. The Morgan fingerprint density at radius 3 is 2.72 bits per heavy atom. The van der Waals surface area contributed by atoms with E-state index in [2.05, 4.69) is 4.99 Å². The Morgan fingerprint density at radius 2 is 1.90 bits per heavy atom. The monoisotopic (exact) mass is 430 g/mol. The van der Waals surface area contributed by atoms with E-state index in [0.717, 1.165) is 5.56 Å². The lowest BCUT2D eigenvalue weighted by Gasteiger charge is -2.24. The van der Waals surface area contributed by atoms with E-state index < -0.39 is 9.84 Å². The number of aliphatic imine (C=N–C) groups is 1. The highest BCUT2D eigenvalue weighted by Crippen LogP contribution is 2.40. The molecule has 7 nitrogen and oxygen atoms in total. The summed E-state index contributed by atoms with van der Waals surface area (Å²) in [6.45, 7) is 0.640. The fourth-order valence-corrected chi connectivity index (χ4v) is 7.74. The Labute approximate surface area is 172 Å². The molecule has 1 amide bonds. The number of carbonyl (C=O) groups is 1. The van der Waals surface area contributed by atoms with Crippen LogP contribution in [-0.2, 0) is 16.4 Å². The van der Waals surface area contributed by atoms with E-state index in [0.29, 0.717) is 28.8 Å². The van der Waals surface area contributed by atoms with E-state index in [1.54, 1.807) is 24.3 Å². The van der Waals surface area contributed by atoms with Gasteiger partial charge >= 0.3 is 0 Å². The zero-order valence-electron chi connectivity index (χ0n) is 15.4. The molecule has 0 aromatic heterocycles. The van der Waals surface area contributed by atoms with Gasteiger partial charge in [-0.05, 0) is 29.8 Å². The number of hydrogen-bond acceptors (Lipinski definition) is 6. The number of carbonyl (C=O) groups excluding carboxylic acids is 1. The molecule has 3 aliphatic rings. The number of amidine groups is 1. The number of fused-ring (bicyclic) bond motifs is 2. The van der Waals surface area contributed by atoms with Crippen molar-refractivity contribution < 1.29 is 22.7 Å². The molecule has 0 aliphatic carbocycles. The van der Waals surface area contributed by atoms with Crippen LogP contribution in [-0.4, -0.2) is 54.0 Å². The molecule has 2 saturated heterocycles. The first-order chi connectivity index (χ1) is 14.0. The first-order valence-corrected chi connectivity index (χ1v) is 11.9. The number of ether oxygens (including phenoxy) is 2. The van der Waals surface area contributed by atoms with Gasteiger partial charge in [0.15, 0.2) is 26.5 Å². The molecular weight excluding hydrogens is 412 g/mol. The number of hydrogen-bond donors (Lipinski definition) is 0. The van der Waals surface area contributed by atoms with Gasteiger partial charge in [0.05, 0.1) is 17.5 Å². The van der Waals surface area contributed by atoms with Gasteiger partial charge in [0.25, 0.3) is 5.91 Å². The largest absolute Gasteiger partial charge is 0.454 e. The molecule has 150 valence electrons. The second-order valence-corrected chi connectivity index (χ2v) is 10.5. The van der Waals surface area contributed by atoms with Crippen LogP contribution in [0.1, 0.15) is 15.9 Å². The zero-order valence-corrected chi connectivity index (χ0v) is 17.0. The first kappa shape index (κ1) is 18.5. The van der Waals surface area contributed by atoms with Gasteiger partial charge in [-0.15, -0.1) is 0 Å². The molecule has 3 heterocycles. The normalized spacial score (nSPS) is 25.4. The van der Waals surface area contributed by atoms with Crippen LogP contribution in [0.2, 0.25) is 0 Å². The highest BCUT2D eigenvalue weighted by molar-refractivity contribution is 8.15. The van der Waals surface area contributed by atoms with Gasteiger partial charge < -0.3 is 14.4 Å². The molecule has 3 aliphatic heterocycles. The van der Waals surface area contributed by atoms with Crippen molar-refractivity contribution in [2.75, 3.05) is 18.3 Å². The summed E-state index contributed by atoms with van der Waals surface area (Å²) >= 11 is 1.38. The molecule has 0 radical (unpaired) electrons. The standard InChI is InChI=1S/C20H18N2O5S2/c23-19(14-4-2-1-3-5-14)21-20-22(15-10-29(24,25)11-18(15)28-20)9-13-6-7-16-17(8-13)27-12-26-16/h1-8,15,18H,9-12H2. The molecule has 0 saturated carbocycles. The lowest BCUT2D eigenvalue weighted by molar-refractivity contribution is 0.100. The number of sulfone groups is 1. The topological polar surface area (TPSA) is 85.3 Å². The predicted octanol–water partition coefficient (Wildman–Crippen LogP) is 2.33. The van der Waals surface area contributed by atoms with E-state index >= 15 is 0 Å². The van der Waals surface area contributed by atoms with Crippen LogP contribution in [0, 0.1) is 0 Å². The molecule has 2 unspecified atom stereocenters. The zero-order chi connectivity index (χ0) is 20.0. The van der Waals surface area contributed by atoms with E-state index in [1.165, 1.54) is 11.8 Å². The Bertz CT molecular complexity index is 1100. The summed E-state index contributed by atoms with van der Waals surface area (Å²) < 4.78 is 35.1. The maximum Gasteiger partial charge on any atom is 0.279 e. The molecule has 2 aromatic rings. The maximum absolute atomic E-state index is 12.6. The van der Waals surface area contributed by atoms with Crippen LogP contribution in [0.4, 0.5) is 0 Å². The summed E-state index contributed by atoms with van der Waals surface area (Å²) in [4.78, 5) is 18.9. The van der Waals surface area contributed by atoms with Crippen molar-refractivity contribution >= 4 is 32.7 Å². The minimum atomic E-state index is -3.09. The molecule has 0 spiro atoms. The highest BCUT2D eigenvalue weighted by Gasteiger charge is 2.48. The van der Waals surface area contributed by atoms with Crippen molar-refractivity contribution in [1.29, 1.82) is 0 Å². The fraction of sp³-hybridized carbons (Fsp3) is 0.300. The molecule has 9 heteroatoms. The molecule has 2 aromatic carbocycles. The van der Waals surface area contributed by atoms with Crippen molar-refractivity contribution in [2.45, 2.75) is 17.8 Å². The third-order valence-corrected chi connectivity index (χ3v) is 8.43. The third kappa shape index (κ3) is 3.60. The summed E-state index contributed by atoms with van der Waals surface area (Å²) in [6.07, 6.45) is 0. The van der Waals surface area contributed by atoms with Gasteiger partial charge in [-0.3, -0.25) is 4.79 Å². The second-order valence-electron chi connectivity index (χ2n) is 7.18. The van der Waals surface area contributed by atoms with Gasteiger partial charge in [0.2, 0.25) is 6.79 Å². The number of rotatable bonds is 3. The Balaban J connectivity index is 1.46. The van der Waals surface area contributed by atoms with Crippen molar-refractivity contribution in [1.82, 2.24) is 4.90 Å². The van der Waals surface area contributed by atoms with Crippen molar-refractivity contribution in [3.63, 3.8) is 0 Å². The molecule has 29 heavy (non-hydrogen) atoms. The molecule has 5 rings (SSSR count). The van der Waals surface area contributed by atoms with Crippen LogP contribution >= 0.6 is 11.8 Å². The number of thioether (sulfide) groups is 1. The molecule has 2 fully saturated rings. The van der Waals surface area contributed by atoms with Crippen LogP contribution in [0.5, 0.6) is 11.5 Å². The first-order valence-electron chi connectivity index (χ1n) is 9.19. The SMILES string of the molecule is O=C(N=C1SC2CS(=O)(=O)CC2N1Cc1ccc2c(c1)OCO2)c1ccccc1.